The van der Waals surface area contributed by atoms with Crippen molar-refractivity contribution in [1.82, 2.24) is 34.9 Å². The number of anilines is 1. The minimum absolute atomic E-state index is 0.0513. The second-order valence-electron chi connectivity index (χ2n) is 9.71. The summed E-state index contributed by atoms with van der Waals surface area (Å²) in [6, 6.07) is -1.38. The molecule has 0 saturated carbocycles. The van der Waals surface area contributed by atoms with Crippen LogP contribution in [-0.2, 0) is 26.2 Å². The average Bonchev–Trinajstić information content (AvgIpc) is 3.26. The molecular formula is C22H33N9O5S. The van der Waals surface area contributed by atoms with E-state index in [2.05, 4.69) is 35.3 Å². The normalized spacial score (nSPS) is 17.9. The number of aliphatic carboxylic acids is 1. The molecule has 4 heterocycles. The lowest BCUT2D eigenvalue weighted by Crippen LogP contribution is -2.48. The van der Waals surface area contributed by atoms with Crippen molar-refractivity contribution >= 4 is 44.8 Å². The van der Waals surface area contributed by atoms with Gasteiger partial charge in [0.25, 0.3) is 0 Å². The fourth-order valence-electron chi connectivity index (χ4n) is 4.49. The van der Waals surface area contributed by atoms with Gasteiger partial charge in [0.05, 0.1) is 18.6 Å². The number of guanidine groups is 1. The number of piperidine rings is 1. The molecule has 4 N–H and O–H groups in total. The SMILES string of the molecule is CC(C)CS(=O)(=O)NC(Cn1cnc2c(N3CCC(C(=O)NC4=NCCCN4)CC3)ncnc21)C(=O)O. The zero-order valence-electron chi connectivity index (χ0n) is 20.9. The standard InChI is InChI=1S/C22H33N9O5S/c1-14(2)11-37(35,36)29-16(21(33)34)10-31-13-27-17-18(25-12-26-19(17)31)30-8-4-15(5-9-30)20(32)28-22-23-6-3-7-24-22/h12-16,29H,3-11H2,1-2H3,(H,33,34)(H2,23,24,28,32). The van der Waals surface area contributed by atoms with Gasteiger partial charge in [0.2, 0.25) is 15.9 Å². The van der Waals surface area contributed by atoms with Crippen molar-refractivity contribution in [3.05, 3.63) is 12.7 Å². The maximum Gasteiger partial charge on any atom is 0.323 e. The third-order valence-electron chi connectivity index (χ3n) is 6.24. The first-order valence-electron chi connectivity index (χ1n) is 12.4. The van der Waals surface area contributed by atoms with Gasteiger partial charge < -0.3 is 19.9 Å². The van der Waals surface area contributed by atoms with Gasteiger partial charge in [0.15, 0.2) is 22.9 Å². The summed E-state index contributed by atoms with van der Waals surface area (Å²) < 4.78 is 28.4. The number of hydrogen-bond donors (Lipinski definition) is 4. The number of carboxylic acids is 1. The minimum Gasteiger partial charge on any atom is -0.480 e. The van der Waals surface area contributed by atoms with Crippen LogP contribution in [0.4, 0.5) is 5.82 Å². The summed E-state index contributed by atoms with van der Waals surface area (Å²) in [6.45, 7) is 5.98. The molecule has 0 aliphatic carbocycles. The zero-order valence-corrected chi connectivity index (χ0v) is 21.7. The molecule has 14 nitrogen and oxygen atoms in total. The van der Waals surface area contributed by atoms with E-state index < -0.39 is 22.0 Å². The van der Waals surface area contributed by atoms with Crippen LogP contribution in [-0.4, -0.2) is 88.9 Å². The molecule has 15 heteroatoms. The van der Waals surface area contributed by atoms with Gasteiger partial charge in [-0.25, -0.2) is 23.4 Å². The molecule has 37 heavy (non-hydrogen) atoms. The summed E-state index contributed by atoms with van der Waals surface area (Å²) in [5, 5.41) is 15.6. The zero-order chi connectivity index (χ0) is 26.6. The highest BCUT2D eigenvalue weighted by Crippen LogP contribution is 2.27. The number of carboxylic acid groups (broad SMARTS) is 1. The van der Waals surface area contributed by atoms with Crippen LogP contribution in [0, 0.1) is 11.8 Å². The van der Waals surface area contributed by atoms with Gasteiger partial charge in [-0.1, -0.05) is 13.8 Å². The number of aliphatic imine (C=N–C) groups is 1. The summed E-state index contributed by atoms with van der Waals surface area (Å²) in [5.41, 5.74) is 0.890. The van der Waals surface area contributed by atoms with Crippen molar-refractivity contribution in [3.63, 3.8) is 0 Å². The Morgan fingerprint density at radius 2 is 1.97 bits per heavy atom. The third-order valence-corrected chi connectivity index (χ3v) is 7.99. The number of hydrogen-bond acceptors (Lipinski definition) is 10. The average molecular weight is 536 g/mol. The molecule has 202 valence electrons. The lowest BCUT2D eigenvalue weighted by Gasteiger charge is -2.32. The lowest BCUT2D eigenvalue weighted by atomic mass is 9.96. The summed E-state index contributed by atoms with van der Waals surface area (Å²) in [7, 11) is -3.78. The number of sulfonamides is 1. The van der Waals surface area contributed by atoms with Crippen LogP contribution in [0.25, 0.3) is 11.2 Å². The number of fused-ring (bicyclic) bond motifs is 1. The van der Waals surface area contributed by atoms with Gasteiger partial charge in [-0.15, -0.1) is 0 Å². The number of nitrogens with one attached hydrogen (secondary N) is 3. The highest BCUT2D eigenvalue weighted by Gasteiger charge is 2.29. The summed E-state index contributed by atoms with van der Waals surface area (Å²) in [4.78, 5) is 43.8. The van der Waals surface area contributed by atoms with E-state index in [1.165, 1.54) is 17.2 Å². The van der Waals surface area contributed by atoms with Crippen molar-refractivity contribution in [1.29, 1.82) is 0 Å². The molecule has 0 aromatic carbocycles. The number of imidazole rings is 1. The second-order valence-corrected chi connectivity index (χ2v) is 11.5. The molecule has 0 bridgehead atoms. The Bertz CT molecular complexity index is 1270. The number of carbonyl (C=O) groups is 2. The minimum atomic E-state index is -3.78. The Kier molecular flexibility index (Phi) is 8.22. The van der Waals surface area contributed by atoms with Gasteiger partial charge in [-0.2, -0.15) is 4.72 Å². The Morgan fingerprint density at radius 1 is 1.22 bits per heavy atom. The molecule has 2 aromatic heterocycles. The maximum absolute atomic E-state index is 12.7. The molecule has 1 amide bonds. The Morgan fingerprint density at radius 3 is 2.62 bits per heavy atom. The smallest absolute Gasteiger partial charge is 0.323 e. The van der Waals surface area contributed by atoms with Crippen LogP contribution in [0.5, 0.6) is 0 Å². The Balaban J connectivity index is 1.43. The van der Waals surface area contributed by atoms with Crippen LogP contribution < -0.4 is 20.3 Å². The van der Waals surface area contributed by atoms with Crippen molar-refractivity contribution < 1.29 is 23.1 Å². The highest BCUT2D eigenvalue weighted by molar-refractivity contribution is 7.89. The van der Waals surface area contributed by atoms with E-state index in [-0.39, 0.29) is 30.0 Å². The van der Waals surface area contributed by atoms with Gasteiger partial charge >= 0.3 is 5.97 Å². The molecule has 0 spiro atoms. The van der Waals surface area contributed by atoms with E-state index >= 15 is 0 Å². The first kappa shape index (κ1) is 26.7. The van der Waals surface area contributed by atoms with Crippen molar-refractivity contribution in [2.75, 3.05) is 36.8 Å². The van der Waals surface area contributed by atoms with E-state index in [0.29, 0.717) is 55.4 Å². The number of nitrogens with zero attached hydrogens (tertiary/aromatic N) is 6. The van der Waals surface area contributed by atoms with Crippen molar-refractivity contribution in [3.8, 4) is 0 Å². The van der Waals surface area contributed by atoms with Gasteiger partial charge in [0, 0.05) is 32.1 Å². The number of aromatic nitrogens is 4. The number of rotatable bonds is 9. The van der Waals surface area contributed by atoms with Crippen LogP contribution in [0.1, 0.15) is 33.1 Å². The van der Waals surface area contributed by atoms with Gasteiger partial charge in [0.1, 0.15) is 12.4 Å². The predicted molar refractivity (Wildman–Crippen MR) is 137 cm³/mol. The molecule has 0 radical (unpaired) electrons. The first-order chi connectivity index (χ1) is 17.6. The van der Waals surface area contributed by atoms with Crippen LogP contribution >= 0.6 is 0 Å². The van der Waals surface area contributed by atoms with Crippen LogP contribution in [0.15, 0.2) is 17.6 Å². The van der Waals surface area contributed by atoms with E-state index in [0.717, 1.165) is 13.0 Å². The van der Waals surface area contributed by atoms with Crippen molar-refractivity contribution in [2.24, 2.45) is 16.8 Å². The molecule has 1 unspecified atom stereocenters. The predicted octanol–water partition coefficient (Wildman–Crippen LogP) is -0.463. The molecule has 2 aliphatic rings. The molecule has 1 fully saturated rings. The molecule has 4 rings (SSSR count). The first-order valence-corrected chi connectivity index (χ1v) is 14.0. The van der Waals surface area contributed by atoms with E-state index in [4.69, 9.17) is 0 Å². The third kappa shape index (κ3) is 6.71. The topological polar surface area (TPSA) is 184 Å². The van der Waals surface area contributed by atoms with E-state index in [9.17, 15) is 23.1 Å². The molecule has 2 aliphatic heterocycles. The largest absolute Gasteiger partial charge is 0.480 e. The molecule has 2 aromatic rings. The van der Waals surface area contributed by atoms with Crippen LogP contribution in [0.2, 0.25) is 0 Å². The molecule has 1 atom stereocenters. The van der Waals surface area contributed by atoms with E-state index in [1.54, 1.807) is 13.8 Å². The maximum atomic E-state index is 12.7. The van der Waals surface area contributed by atoms with E-state index in [1.807, 2.05) is 4.90 Å². The monoisotopic (exact) mass is 535 g/mol. The summed E-state index contributed by atoms with van der Waals surface area (Å²) in [6.07, 6.45) is 5.02. The fraction of sp³-hybridized carbons (Fsp3) is 0.636. The second kappa shape index (κ2) is 11.4. The number of amides is 1. The molecular weight excluding hydrogens is 502 g/mol. The quantitative estimate of drug-likeness (QED) is 0.327. The van der Waals surface area contributed by atoms with Crippen molar-refractivity contribution in [2.45, 2.75) is 45.7 Å². The Hall–Kier alpha value is -3.33. The van der Waals surface area contributed by atoms with Crippen LogP contribution in [0.3, 0.4) is 0 Å². The summed E-state index contributed by atoms with van der Waals surface area (Å²) in [5.74, 6) is -0.687. The fourth-order valence-corrected chi connectivity index (χ4v) is 6.07. The van der Waals surface area contributed by atoms with Gasteiger partial charge in [-0.05, 0) is 25.2 Å². The lowest BCUT2D eigenvalue weighted by molar-refractivity contribution is -0.139. The molecule has 1 saturated heterocycles. The number of carbonyl (C=O) groups excluding carboxylic acids is 1. The summed E-state index contributed by atoms with van der Waals surface area (Å²) >= 11 is 0. The van der Waals surface area contributed by atoms with Gasteiger partial charge in [-0.3, -0.25) is 19.9 Å². The Labute approximate surface area is 215 Å². The highest BCUT2D eigenvalue weighted by atomic mass is 32.2.